The van der Waals surface area contributed by atoms with Gasteiger partial charge in [0.25, 0.3) is 0 Å². The molecule has 1 aliphatic heterocycles. The molecule has 0 bridgehead atoms. The Hall–Kier alpha value is -1.02. The van der Waals surface area contributed by atoms with E-state index < -0.39 is 0 Å². The van der Waals surface area contributed by atoms with Gasteiger partial charge in [-0.2, -0.15) is 0 Å². The van der Waals surface area contributed by atoms with Gasteiger partial charge in [-0.25, -0.2) is 4.98 Å². The first kappa shape index (κ1) is 18.3. The molecule has 23 heavy (non-hydrogen) atoms. The van der Waals surface area contributed by atoms with Crippen molar-refractivity contribution in [2.24, 2.45) is 5.92 Å². The highest BCUT2D eigenvalue weighted by molar-refractivity contribution is 7.13. The van der Waals surface area contributed by atoms with E-state index >= 15 is 0 Å². The molecule has 6 nitrogen and oxygen atoms in total. The van der Waals surface area contributed by atoms with Crippen molar-refractivity contribution in [3.05, 3.63) is 11.6 Å². The molecule has 1 saturated heterocycles. The summed E-state index contributed by atoms with van der Waals surface area (Å²) in [5.41, 5.74) is 0. The summed E-state index contributed by atoms with van der Waals surface area (Å²) in [5, 5.41) is 14.8. The zero-order valence-electron chi connectivity index (χ0n) is 14.2. The lowest BCUT2D eigenvalue weighted by Gasteiger charge is -2.35. The first-order chi connectivity index (χ1) is 11.0. The van der Waals surface area contributed by atoms with Crippen molar-refractivity contribution in [2.45, 2.75) is 38.8 Å². The molecule has 0 spiro atoms. The molecule has 2 rings (SSSR count). The number of piperidine rings is 1. The smallest absolute Gasteiger partial charge is 0.243 e. The molecule has 1 aromatic rings. The summed E-state index contributed by atoms with van der Waals surface area (Å²) in [4.78, 5) is 20.8. The minimum Gasteiger partial charge on any atom is -0.392 e. The molecule has 0 aromatic carbocycles. The van der Waals surface area contributed by atoms with Crippen LogP contribution in [-0.2, 0) is 4.79 Å². The predicted octanol–water partition coefficient (Wildman–Crippen LogP) is 1.49. The standard InChI is InChI=1S/C16H28N4O2S/c1-12(21)10-20-7-4-14(5-8-20)11-19(3)13(2)15(22)18-16-17-6-9-23-16/h6,9,12-14,21H,4-5,7-8,10-11H2,1-3H3,(H,17,18,22)/t12-,13-/m1/s1. The van der Waals surface area contributed by atoms with Gasteiger partial charge in [-0.15, -0.1) is 11.3 Å². The molecular formula is C16H28N4O2S. The number of rotatable bonds is 7. The number of amides is 1. The number of nitrogens with zero attached hydrogens (tertiary/aromatic N) is 3. The second-order valence-corrected chi connectivity index (χ2v) is 7.43. The SMILES string of the molecule is C[C@H](C(=O)Nc1nccs1)N(C)CC1CCN(C[C@@H](C)O)CC1. The van der Waals surface area contributed by atoms with Crippen molar-refractivity contribution in [3.8, 4) is 0 Å². The number of β-amino-alcohol motifs (C(OH)–C–C–N with tert-alkyl or cyclic N) is 1. The van der Waals surface area contributed by atoms with E-state index in [1.165, 1.54) is 11.3 Å². The maximum absolute atomic E-state index is 12.2. The monoisotopic (exact) mass is 340 g/mol. The van der Waals surface area contributed by atoms with Crippen LogP contribution in [0.5, 0.6) is 0 Å². The summed E-state index contributed by atoms with van der Waals surface area (Å²) in [6.45, 7) is 7.52. The quantitative estimate of drug-likeness (QED) is 0.787. The van der Waals surface area contributed by atoms with E-state index in [1.807, 2.05) is 26.3 Å². The van der Waals surface area contributed by atoms with Crippen LogP contribution in [0, 0.1) is 5.92 Å². The summed E-state index contributed by atoms with van der Waals surface area (Å²) < 4.78 is 0. The van der Waals surface area contributed by atoms with Crippen LogP contribution in [0.4, 0.5) is 5.13 Å². The summed E-state index contributed by atoms with van der Waals surface area (Å²) in [6.07, 6.45) is 3.68. The van der Waals surface area contributed by atoms with E-state index in [2.05, 4.69) is 20.1 Å². The number of likely N-dealkylation sites (N-methyl/N-ethyl adjacent to an activating group) is 1. The largest absolute Gasteiger partial charge is 0.392 e. The molecule has 2 N–H and O–H groups in total. The van der Waals surface area contributed by atoms with E-state index in [0.717, 1.165) is 39.0 Å². The molecule has 2 atom stereocenters. The predicted molar refractivity (Wildman–Crippen MR) is 93.7 cm³/mol. The van der Waals surface area contributed by atoms with Gasteiger partial charge in [-0.1, -0.05) is 0 Å². The van der Waals surface area contributed by atoms with Gasteiger partial charge in [0, 0.05) is 24.7 Å². The minimum atomic E-state index is -0.260. The summed E-state index contributed by atoms with van der Waals surface area (Å²) in [6, 6.07) is -0.172. The van der Waals surface area contributed by atoms with Crippen molar-refractivity contribution < 1.29 is 9.90 Å². The number of aromatic nitrogens is 1. The van der Waals surface area contributed by atoms with Crippen molar-refractivity contribution in [1.82, 2.24) is 14.8 Å². The Kier molecular flexibility index (Phi) is 6.95. The number of hydrogen-bond donors (Lipinski definition) is 2. The van der Waals surface area contributed by atoms with Gasteiger partial charge in [0.05, 0.1) is 12.1 Å². The Balaban J connectivity index is 1.73. The molecule has 130 valence electrons. The topological polar surface area (TPSA) is 68.7 Å². The molecule has 1 amide bonds. The number of anilines is 1. The number of aliphatic hydroxyl groups excluding tert-OH is 1. The number of hydrogen-bond acceptors (Lipinski definition) is 6. The lowest BCUT2D eigenvalue weighted by Crippen LogP contribution is -2.45. The van der Waals surface area contributed by atoms with E-state index in [4.69, 9.17) is 0 Å². The van der Waals surface area contributed by atoms with E-state index in [0.29, 0.717) is 11.0 Å². The number of likely N-dealkylation sites (tertiary alicyclic amines) is 1. The summed E-state index contributed by atoms with van der Waals surface area (Å²) >= 11 is 1.43. The van der Waals surface area contributed by atoms with Gasteiger partial charge in [-0.3, -0.25) is 9.69 Å². The Bertz CT molecular complexity index is 472. The molecular weight excluding hydrogens is 312 g/mol. The summed E-state index contributed by atoms with van der Waals surface area (Å²) in [7, 11) is 2.01. The number of carbonyl (C=O) groups is 1. The lowest BCUT2D eigenvalue weighted by atomic mass is 9.95. The van der Waals surface area contributed by atoms with Gasteiger partial charge < -0.3 is 15.3 Å². The average Bonchev–Trinajstić information content (AvgIpc) is 3.00. The fourth-order valence-corrected chi connectivity index (χ4v) is 3.52. The third-order valence-electron chi connectivity index (χ3n) is 4.48. The second kappa shape index (κ2) is 8.73. The molecule has 1 fully saturated rings. The number of nitrogens with one attached hydrogen (secondary N) is 1. The van der Waals surface area contributed by atoms with Crippen LogP contribution < -0.4 is 5.32 Å². The van der Waals surface area contributed by atoms with Crippen LogP contribution >= 0.6 is 11.3 Å². The third kappa shape index (κ3) is 5.84. The van der Waals surface area contributed by atoms with Crippen LogP contribution in [0.3, 0.4) is 0 Å². The lowest BCUT2D eigenvalue weighted by molar-refractivity contribution is -0.120. The number of thiazole rings is 1. The Labute approximate surface area is 142 Å². The normalized spacial score (nSPS) is 19.7. The highest BCUT2D eigenvalue weighted by Crippen LogP contribution is 2.19. The van der Waals surface area contributed by atoms with Crippen LogP contribution in [0.15, 0.2) is 11.6 Å². The molecule has 1 aliphatic rings. The van der Waals surface area contributed by atoms with Crippen LogP contribution in [0.1, 0.15) is 26.7 Å². The average molecular weight is 340 g/mol. The first-order valence-corrected chi connectivity index (χ1v) is 9.14. The Morgan fingerprint density at radius 2 is 2.22 bits per heavy atom. The van der Waals surface area contributed by atoms with Crippen LogP contribution in [-0.4, -0.2) is 71.2 Å². The van der Waals surface area contributed by atoms with Crippen LogP contribution in [0.25, 0.3) is 0 Å². The van der Waals surface area contributed by atoms with E-state index in [1.54, 1.807) is 6.20 Å². The molecule has 7 heteroatoms. The summed E-state index contributed by atoms with van der Waals surface area (Å²) in [5.74, 6) is 0.606. The van der Waals surface area contributed by atoms with Gasteiger partial charge in [0.1, 0.15) is 0 Å². The number of aliphatic hydroxyl groups is 1. The van der Waals surface area contributed by atoms with E-state index in [9.17, 15) is 9.90 Å². The Morgan fingerprint density at radius 1 is 1.52 bits per heavy atom. The first-order valence-electron chi connectivity index (χ1n) is 8.26. The van der Waals surface area contributed by atoms with Gasteiger partial charge in [0.15, 0.2) is 5.13 Å². The fourth-order valence-electron chi connectivity index (χ4n) is 2.99. The molecule has 0 radical (unpaired) electrons. The maximum Gasteiger partial charge on any atom is 0.243 e. The maximum atomic E-state index is 12.2. The van der Waals surface area contributed by atoms with Gasteiger partial charge in [-0.05, 0) is 52.7 Å². The van der Waals surface area contributed by atoms with Gasteiger partial charge in [0.2, 0.25) is 5.91 Å². The second-order valence-electron chi connectivity index (χ2n) is 6.54. The minimum absolute atomic E-state index is 0.00556. The number of carbonyl (C=O) groups excluding carboxylic acids is 1. The van der Waals surface area contributed by atoms with Crippen LogP contribution in [0.2, 0.25) is 0 Å². The zero-order valence-corrected chi connectivity index (χ0v) is 15.1. The zero-order chi connectivity index (χ0) is 16.8. The molecule has 0 unspecified atom stereocenters. The van der Waals surface area contributed by atoms with Crippen molar-refractivity contribution in [2.75, 3.05) is 38.5 Å². The van der Waals surface area contributed by atoms with Gasteiger partial charge >= 0.3 is 0 Å². The fraction of sp³-hybridized carbons (Fsp3) is 0.750. The Morgan fingerprint density at radius 3 is 2.78 bits per heavy atom. The third-order valence-corrected chi connectivity index (χ3v) is 5.17. The highest BCUT2D eigenvalue weighted by Gasteiger charge is 2.25. The molecule has 0 saturated carbocycles. The van der Waals surface area contributed by atoms with Crippen molar-refractivity contribution >= 4 is 22.4 Å². The van der Waals surface area contributed by atoms with Crippen molar-refractivity contribution in [3.63, 3.8) is 0 Å². The highest BCUT2D eigenvalue weighted by atomic mass is 32.1. The molecule has 1 aromatic heterocycles. The molecule has 2 heterocycles. The van der Waals surface area contributed by atoms with E-state index in [-0.39, 0.29) is 18.1 Å². The van der Waals surface area contributed by atoms with Crippen molar-refractivity contribution in [1.29, 1.82) is 0 Å². The molecule has 0 aliphatic carbocycles.